The van der Waals surface area contributed by atoms with Gasteiger partial charge in [-0.05, 0) is 0 Å². The first-order chi connectivity index (χ1) is 7.81. The first-order valence-corrected chi connectivity index (χ1v) is 9.92. The Labute approximate surface area is 111 Å². The van der Waals surface area contributed by atoms with Crippen molar-refractivity contribution in [2.45, 2.75) is 46.0 Å². The maximum absolute atomic E-state index is 2.50. The van der Waals surface area contributed by atoms with E-state index < -0.39 is 22.9 Å². The molecule has 1 heteroatoms. The zero-order chi connectivity index (χ0) is 11.4. The van der Waals surface area contributed by atoms with Crippen molar-refractivity contribution in [2.24, 2.45) is 0 Å². The molecule has 0 unspecified atom stereocenters. The third-order valence-corrected chi connectivity index (χ3v) is 9.33. The van der Waals surface area contributed by atoms with Gasteiger partial charge in [0.1, 0.15) is 0 Å². The molecule has 16 heavy (non-hydrogen) atoms. The van der Waals surface area contributed by atoms with Crippen LogP contribution in [-0.4, -0.2) is 0 Å². The van der Waals surface area contributed by atoms with Crippen molar-refractivity contribution in [1.82, 2.24) is 0 Å². The summed E-state index contributed by atoms with van der Waals surface area (Å²) in [4.78, 5) is 0. The summed E-state index contributed by atoms with van der Waals surface area (Å²) >= 11 is -0.684. The zero-order valence-electron chi connectivity index (χ0n) is 10.3. The van der Waals surface area contributed by atoms with E-state index in [0.717, 1.165) is 0 Å². The summed E-state index contributed by atoms with van der Waals surface area (Å²) in [7, 11) is 0. The van der Waals surface area contributed by atoms with Crippen LogP contribution in [0.2, 0.25) is 0 Å². The molecule has 0 aromatic carbocycles. The van der Waals surface area contributed by atoms with Gasteiger partial charge in [0.15, 0.2) is 0 Å². The average Bonchev–Trinajstić information content (AvgIpc) is 2.89. The van der Waals surface area contributed by atoms with E-state index in [-0.39, 0.29) is 0 Å². The summed E-state index contributed by atoms with van der Waals surface area (Å²) in [5.74, 6) is 0. The quantitative estimate of drug-likeness (QED) is 0.608. The summed E-state index contributed by atoms with van der Waals surface area (Å²) in [5, 5.41) is 0. The van der Waals surface area contributed by atoms with E-state index in [2.05, 4.69) is 38.2 Å². The Balaban J connectivity index is 2.00. The van der Waals surface area contributed by atoms with Gasteiger partial charge in [-0.2, -0.15) is 0 Å². The molecule has 2 aliphatic rings. The van der Waals surface area contributed by atoms with Gasteiger partial charge in [0.05, 0.1) is 0 Å². The van der Waals surface area contributed by atoms with E-state index in [4.69, 9.17) is 0 Å². The Kier molecular flexibility index (Phi) is 4.57. The molecule has 0 bridgehead atoms. The van der Waals surface area contributed by atoms with E-state index in [0.29, 0.717) is 0 Å². The predicted octanol–water partition coefficient (Wildman–Crippen LogP) is 4.71. The van der Waals surface area contributed by atoms with E-state index in [9.17, 15) is 0 Å². The molecular weight excluding hydrogens is 359 g/mol. The van der Waals surface area contributed by atoms with Crippen molar-refractivity contribution in [3.63, 3.8) is 0 Å². The average molecular weight is 379 g/mol. The normalized spacial score (nSPS) is 19.1. The molecule has 0 aromatic rings. The third kappa shape index (κ3) is 2.94. The fourth-order valence-electron chi connectivity index (χ4n) is 2.24. The summed E-state index contributed by atoms with van der Waals surface area (Å²) in [6.07, 6.45) is 15.9. The van der Waals surface area contributed by atoms with Gasteiger partial charge in [-0.3, -0.25) is 0 Å². The molecule has 0 heterocycles. The first-order valence-electron chi connectivity index (χ1n) is 6.33. The Morgan fingerprint density at radius 2 is 2.19 bits per heavy atom. The van der Waals surface area contributed by atoms with Crippen molar-refractivity contribution in [3.05, 3.63) is 42.1 Å². The molecule has 84 valence electrons. The molecular formula is C15H20Hf. The van der Waals surface area contributed by atoms with Crippen LogP contribution in [0.5, 0.6) is 0 Å². The van der Waals surface area contributed by atoms with Crippen LogP contribution in [0.3, 0.4) is 0 Å². The van der Waals surface area contributed by atoms with Gasteiger partial charge in [-0.15, -0.1) is 0 Å². The van der Waals surface area contributed by atoms with E-state index in [1.165, 1.54) is 32.1 Å². The standard InChI is InChI=1S/C10H15.C5H5.Hf/c1-3-4-5-10-7-6-9(2)8-10;1-2-4-5-3-1;/h7H,3-6H2,1-2H3;1-3H,4H2;. The van der Waals surface area contributed by atoms with Crippen molar-refractivity contribution in [2.75, 3.05) is 0 Å². The van der Waals surface area contributed by atoms with Crippen LogP contribution in [0.4, 0.5) is 0 Å². The van der Waals surface area contributed by atoms with Gasteiger partial charge in [0.25, 0.3) is 0 Å². The second-order valence-corrected chi connectivity index (χ2v) is 9.64. The maximum atomic E-state index is 2.50. The van der Waals surface area contributed by atoms with Crippen LogP contribution in [0.25, 0.3) is 0 Å². The second-order valence-electron chi connectivity index (χ2n) is 4.64. The van der Waals surface area contributed by atoms with Crippen molar-refractivity contribution in [3.8, 4) is 0 Å². The topological polar surface area (TPSA) is 0 Å². The molecule has 0 N–H and O–H groups in total. The van der Waals surface area contributed by atoms with Crippen LogP contribution >= 0.6 is 0 Å². The molecule has 0 atom stereocenters. The summed E-state index contributed by atoms with van der Waals surface area (Å²) < 4.78 is 3.61. The van der Waals surface area contributed by atoms with Crippen molar-refractivity contribution in [1.29, 1.82) is 0 Å². The molecule has 2 rings (SSSR count). The minimum atomic E-state index is -0.684. The zero-order valence-corrected chi connectivity index (χ0v) is 13.9. The van der Waals surface area contributed by atoms with Crippen molar-refractivity contribution >= 4 is 0 Å². The summed E-state index contributed by atoms with van der Waals surface area (Å²) in [6.45, 7) is 4.64. The number of rotatable bonds is 5. The Bertz CT molecular complexity index is 380. The van der Waals surface area contributed by atoms with E-state index in [1.54, 1.807) is 14.5 Å². The van der Waals surface area contributed by atoms with Crippen LogP contribution in [0.15, 0.2) is 42.1 Å². The van der Waals surface area contributed by atoms with Crippen LogP contribution < -0.4 is 0 Å². The van der Waals surface area contributed by atoms with Gasteiger partial charge in [0, 0.05) is 0 Å². The molecule has 0 fully saturated rings. The fraction of sp³-hybridized carbons (Fsp3) is 0.467. The third-order valence-electron chi connectivity index (χ3n) is 3.26. The van der Waals surface area contributed by atoms with E-state index in [1.807, 2.05) is 3.33 Å². The molecule has 0 spiro atoms. The SMILES string of the molecule is CCCCC1=CCC(C)=[C]1[Hf][C]1=CC=CC1. The van der Waals surface area contributed by atoms with Crippen LogP contribution in [-0.2, 0) is 22.9 Å². The monoisotopic (exact) mass is 380 g/mol. The Hall–Kier alpha value is -0.170. The van der Waals surface area contributed by atoms with E-state index >= 15 is 0 Å². The number of hydrogen-bond donors (Lipinski definition) is 0. The Morgan fingerprint density at radius 1 is 1.31 bits per heavy atom. The van der Waals surface area contributed by atoms with Crippen LogP contribution in [0.1, 0.15) is 46.0 Å². The number of allylic oxidation sites excluding steroid dienone is 8. The molecule has 0 amide bonds. The predicted molar refractivity (Wildman–Crippen MR) is 66.8 cm³/mol. The number of unbranched alkanes of at least 4 members (excludes halogenated alkanes) is 1. The fourth-order valence-corrected chi connectivity index (χ4v) is 7.35. The molecule has 2 aliphatic carbocycles. The second kappa shape index (κ2) is 5.95. The van der Waals surface area contributed by atoms with Gasteiger partial charge in [-0.1, -0.05) is 0 Å². The van der Waals surface area contributed by atoms with Crippen LogP contribution in [0, 0.1) is 0 Å². The van der Waals surface area contributed by atoms with Gasteiger partial charge >= 0.3 is 111 Å². The Morgan fingerprint density at radius 3 is 2.88 bits per heavy atom. The molecule has 0 radical (unpaired) electrons. The minimum absolute atomic E-state index is 0.684. The molecule has 0 nitrogen and oxygen atoms in total. The molecule has 0 aromatic heterocycles. The molecule has 0 saturated carbocycles. The van der Waals surface area contributed by atoms with Gasteiger partial charge < -0.3 is 0 Å². The molecule has 0 aliphatic heterocycles. The molecule has 0 saturated heterocycles. The summed E-state index contributed by atoms with van der Waals surface area (Å²) in [6, 6.07) is 0. The van der Waals surface area contributed by atoms with Gasteiger partial charge in [0.2, 0.25) is 0 Å². The summed E-state index contributed by atoms with van der Waals surface area (Å²) in [5.41, 5.74) is 3.40. The number of hydrogen-bond acceptors (Lipinski definition) is 0. The van der Waals surface area contributed by atoms with Gasteiger partial charge in [-0.25, -0.2) is 0 Å². The van der Waals surface area contributed by atoms with Crippen molar-refractivity contribution < 1.29 is 22.9 Å². The first kappa shape index (κ1) is 12.3.